The number of aliphatic hydroxyl groups excluding tert-OH is 1. The van der Waals surface area contributed by atoms with E-state index in [9.17, 15) is 9.90 Å². The van der Waals surface area contributed by atoms with E-state index in [1.165, 1.54) is 0 Å². The molecule has 0 saturated carbocycles. The number of nitrogen functional groups attached to an aromatic ring is 1. The lowest BCUT2D eigenvalue weighted by atomic mass is 10.0. The number of hydrogen-bond donors (Lipinski definition) is 3. The number of rotatable bonds is 9. The summed E-state index contributed by atoms with van der Waals surface area (Å²) >= 11 is 1.03. The third-order valence-corrected chi connectivity index (χ3v) is 4.83. The van der Waals surface area contributed by atoms with Crippen molar-refractivity contribution in [3.8, 4) is 0 Å². The van der Waals surface area contributed by atoms with Gasteiger partial charge in [-0.25, -0.2) is 4.98 Å². The highest BCUT2D eigenvalue weighted by molar-refractivity contribution is 7.13. The van der Waals surface area contributed by atoms with Crippen LogP contribution in [0.5, 0.6) is 0 Å². The van der Waals surface area contributed by atoms with Gasteiger partial charge in [-0.3, -0.25) is 4.79 Å². The van der Waals surface area contributed by atoms with Gasteiger partial charge in [0.1, 0.15) is 0 Å². The van der Waals surface area contributed by atoms with Crippen molar-refractivity contribution in [2.45, 2.75) is 38.2 Å². The minimum Gasteiger partial charge on any atom is -0.388 e. The maximum atomic E-state index is 12.2. The van der Waals surface area contributed by atoms with Crippen LogP contribution < -0.4 is 11.1 Å². The van der Waals surface area contributed by atoms with Crippen molar-refractivity contribution in [2.75, 3.05) is 11.1 Å². The molecule has 3 aromatic rings. The standard InChI is InChI=1S/C22H25N3O2S/c23-22-25-19(15-28-22)14-21(27)24-18-12-10-16(11-13-18)6-4-5-9-20(26)17-7-2-1-3-8-17/h1-3,7-8,10-13,15,20,26H,4-6,9,14H2,(H2,23,25)(H,24,27)/t20-/m0/s1/i4D2,15D. The van der Waals surface area contributed by atoms with Crippen LogP contribution in [-0.2, 0) is 17.6 Å². The smallest absolute Gasteiger partial charge is 0.230 e. The Hall–Kier alpha value is -2.70. The summed E-state index contributed by atoms with van der Waals surface area (Å²) in [6, 6.07) is 16.2. The van der Waals surface area contributed by atoms with Crippen molar-refractivity contribution >= 4 is 28.1 Å². The molecule has 0 aliphatic heterocycles. The van der Waals surface area contributed by atoms with Gasteiger partial charge in [-0.15, -0.1) is 11.3 Å². The van der Waals surface area contributed by atoms with E-state index in [1.54, 1.807) is 24.3 Å². The number of carbonyl (C=O) groups excluding carboxylic acids is 1. The Kier molecular flexibility index (Phi) is 5.82. The molecule has 2 aromatic carbocycles. The number of hydrogen-bond acceptors (Lipinski definition) is 5. The minimum absolute atomic E-state index is 0.0272. The van der Waals surface area contributed by atoms with Gasteiger partial charge in [-0.1, -0.05) is 48.9 Å². The zero-order valence-electron chi connectivity index (χ0n) is 18.4. The predicted octanol–water partition coefficient (Wildman–Crippen LogP) is 4.35. The number of nitrogens with one attached hydrogen (secondary N) is 1. The molecule has 0 aliphatic carbocycles. The largest absolute Gasteiger partial charge is 0.388 e. The summed E-state index contributed by atoms with van der Waals surface area (Å²) in [6.45, 7) is 0. The van der Waals surface area contributed by atoms with Gasteiger partial charge < -0.3 is 16.2 Å². The van der Waals surface area contributed by atoms with Crippen molar-refractivity contribution < 1.29 is 14.0 Å². The van der Waals surface area contributed by atoms with Gasteiger partial charge in [0.25, 0.3) is 0 Å². The molecule has 0 radical (unpaired) electrons. The molecule has 5 nitrogen and oxygen atoms in total. The first-order valence-electron chi connectivity index (χ1n) is 10.6. The first-order valence-corrected chi connectivity index (χ1v) is 9.87. The molecule has 0 aliphatic rings. The van der Waals surface area contributed by atoms with E-state index in [1.807, 2.05) is 30.3 Å². The quantitative estimate of drug-likeness (QED) is 0.500. The summed E-state index contributed by atoms with van der Waals surface area (Å²) in [6.07, 6.45) is -1.40. The van der Waals surface area contributed by atoms with Gasteiger partial charge in [0, 0.05) is 13.8 Å². The van der Waals surface area contributed by atoms with E-state index in [-0.39, 0.29) is 35.7 Å². The highest BCUT2D eigenvalue weighted by Gasteiger charge is 2.08. The number of aromatic nitrogens is 1. The second-order valence-corrected chi connectivity index (χ2v) is 7.24. The number of carbonyl (C=O) groups is 1. The summed E-state index contributed by atoms with van der Waals surface area (Å²) in [4.78, 5) is 16.2. The Morgan fingerprint density at radius 3 is 2.68 bits per heavy atom. The zero-order chi connectivity index (χ0) is 22.4. The number of nitrogens with two attached hydrogens (primary N) is 1. The lowest BCUT2D eigenvalue weighted by Gasteiger charge is -2.10. The van der Waals surface area contributed by atoms with Crippen LogP contribution in [0, 0.1) is 0 Å². The lowest BCUT2D eigenvalue weighted by molar-refractivity contribution is -0.115. The summed E-state index contributed by atoms with van der Waals surface area (Å²) in [5, 5.41) is 13.5. The lowest BCUT2D eigenvalue weighted by Crippen LogP contribution is -2.14. The summed E-state index contributed by atoms with van der Waals surface area (Å²) in [5.41, 5.74) is 8.08. The SMILES string of the molecule is [2H]c1sc(N)nc1CC(=O)Nc1ccc(CC([2H])([2H])CC[C@H](O)c2ccccc2)cc1. The number of aryl methyl sites for hydroxylation is 1. The molecule has 28 heavy (non-hydrogen) atoms. The molecule has 6 heteroatoms. The van der Waals surface area contributed by atoms with Crippen molar-refractivity contribution in [1.82, 2.24) is 4.98 Å². The molecule has 3 rings (SSSR count). The zero-order valence-corrected chi connectivity index (χ0v) is 16.2. The fourth-order valence-corrected chi connectivity index (χ4v) is 3.24. The van der Waals surface area contributed by atoms with Gasteiger partial charge in [0.05, 0.1) is 19.6 Å². The first-order chi connectivity index (χ1) is 14.7. The van der Waals surface area contributed by atoms with Gasteiger partial charge in [-0.05, 0) is 42.5 Å². The summed E-state index contributed by atoms with van der Waals surface area (Å²) in [5.74, 6) is -0.295. The van der Waals surface area contributed by atoms with Gasteiger partial charge in [0.2, 0.25) is 5.91 Å². The molecule has 0 saturated heterocycles. The predicted molar refractivity (Wildman–Crippen MR) is 114 cm³/mol. The fraction of sp³-hybridized carbons (Fsp3) is 0.273. The molecular weight excluding hydrogens is 370 g/mol. The van der Waals surface area contributed by atoms with Crippen LogP contribution in [0.3, 0.4) is 0 Å². The molecule has 1 heterocycles. The Morgan fingerprint density at radius 2 is 2.00 bits per heavy atom. The van der Waals surface area contributed by atoms with E-state index in [2.05, 4.69) is 10.3 Å². The Bertz CT molecular complexity index is 1010. The van der Waals surface area contributed by atoms with Crippen LogP contribution in [0.1, 0.15) is 46.3 Å². The van der Waals surface area contributed by atoms with Crippen molar-refractivity contribution in [1.29, 1.82) is 0 Å². The number of benzene rings is 2. The topological polar surface area (TPSA) is 88.2 Å². The second kappa shape index (κ2) is 10.0. The maximum absolute atomic E-state index is 12.2. The molecular formula is C22H25N3O2S. The molecule has 146 valence electrons. The van der Waals surface area contributed by atoms with Crippen LogP contribution in [0.4, 0.5) is 10.8 Å². The third-order valence-electron chi connectivity index (χ3n) is 4.19. The van der Waals surface area contributed by atoms with Crippen LogP contribution in [0.2, 0.25) is 0 Å². The van der Waals surface area contributed by atoms with Gasteiger partial charge in [0.15, 0.2) is 5.13 Å². The van der Waals surface area contributed by atoms with Crippen LogP contribution in [0.25, 0.3) is 0 Å². The third kappa shape index (κ3) is 6.18. The highest BCUT2D eigenvalue weighted by Crippen LogP contribution is 2.20. The number of thiazole rings is 1. The monoisotopic (exact) mass is 398 g/mol. The summed E-state index contributed by atoms with van der Waals surface area (Å²) < 4.78 is 24.3. The average molecular weight is 399 g/mol. The van der Waals surface area contributed by atoms with Crippen LogP contribution >= 0.6 is 11.3 Å². The molecule has 0 fully saturated rings. The molecule has 4 N–H and O–H groups in total. The van der Waals surface area contributed by atoms with Gasteiger partial charge in [-0.2, -0.15) is 0 Å². The Labute approximate surface area is 173 Å². The number of aliphatic hydroxyl groups is 1. The number of nitrogens with zero attached hydrogens (tertiary/aromatic N) is 1. The average Bonchev–Trinajstić information content (AvgIpc) is 3.04. The number of amides is 1. The molecule has 0 unspecified atom stereocenters. The molecule has 1 aromatic heterocycles. The minimum atomic E-state index is -1.46. The molecule has 1 amide bonds. The normalized spacial score (nSPS) is 14.0. The van der Waals surface area contributed by atoms with Crippen molar-refractivity contribution in [3.05, 3.63) is 76.8 Å². The van der Waals surface area contributed by atoms with Gasteiger partial charge >= 0.3 is 0 Å². The fourth-order valence-electron chi connectivity index (χ4n) is 2.74. The van der Waals surface area contributed by atoms with E-state index in [4.69, 9.17) is 9.85 Å². The number of anilines is 2. The highest BCUT2D eigenvalue weighted by atomic mass is 32.1. The van der Waals surface area contributed by atoms with E-state index < -0.39 is 12.5 Å². The van der Waals surface area contributed by atoms with E-state index >= 15 is 0 Å². The second-order valence-electron chi connectivity index (χ2n) is 6.41. The molecule has 1 atom stereocenters. The summed E-state index contributed by atoms with van der Waals surface area (Å²) in [7, 11) is 0. The Balaban J connectivity index is 1.50. The van der Waals surface area contributed by atoms with Crippen molar-refractivity contribution in [3.63, 3.8) is 0 Å². The first kappa shape index (κ1) is 16.3. The molecule has 0 spiro atoms. The van der Waals surface area contributed by atoms with E-state index in [0.717, 1.165) is 22.5 Å². The molecule has 0 bridgehead atoms. The maximum Gasteiger partial charge on any atom is 0.230 e. The van der Waals surface area contributed by atoms with Crippen LogP contribution in [0.15, 0.2) is 60.0 Å². The van der Waals surface area contributed by atoms with Crippen LogP contribution in [-0.4, -0.2) is 16.0 Å². The Morgan fingerprint density at radius 1 is 1.25 bits per heavy atom. The van der Waals surface area contributed by atoms with Crippen molar-refractivity contribution in [2.24, 2.45) is 0 Å². The van der Waals surface area contributed by atoms with E-state index in [0.29, 0.717) is 17.8 Å².